The van der Waals surface area contributed by atoms with Gasteiger partial charge >= 0.3 is 6.09 Å². The first-order valence-corrected chi connectivity index (χ1v) is 5.29. The van der Waals surface area contributed by atoms with Gasteiger partial charge in [0, 0.05) is 6.04 Å². The fourth-order valence-corrected chi connectivity index (χ4v) is 2.03. The lowest BCUT2D eigenvalue weighted by Crippen LogP contribution is -2.48. The maximum atomic E-state index is 11.7. The standard InChI is InChI=1S/C10H15N3O3/c11-5-6-12-9(14)7-3-1-2-4-8(7)13-10(15)16/h7-8,13H,1-4,6H2,(H,12,14)(H,15,16)/t7-,8+/m0/s1. The third-order valence-corrected chi connectivity index (χ3v) is 2.75. The lowest BCUT2D eigenvalue weighted by atomic mass is 9.84. The van der Waals surface area contributed by atoms with E-state index in [0.29, 0.717) is 12.8 Å². The monoisotopic (exact) mass is 225 g/mol. The van der Waals surface area contributed by atoms with Gasteiger partial charge in [0.2, 0.25) is 5.91 Å². The Morgan fingerprint density at radius 1 is 1.38 bits per heavy atom. The first kappa shape index (κ1) is 12.3. The Morgan fingerprint density at radius 3 is 2.69 bits per heavy atom. The van der Waals surface area contributed by atoms with Crippen LogP contribution >= 0.6 is 0 Å². The van der Waals surface area contributed by atoms with E-state index >= 15 is 0 Å². The summed E-state index contributed by atoms with van der Waals surface area (Å²) in [6.45, 7) is -0.0326. The fraction of sp³-hybridized carbons (Fsp3) is 0.700. The van der Waals surface area contributed by atoms with E-state index in [9.17, 15) is 9.59 Å². The van der Waals surface area contributed by atoms with E-state index in [0.717, 1.165) is 12.8 Å². The zero-order valence-electron chi connectivity index (χ0n) is 8.90. The van der Waals surface area contributed by atoms with Gasteiger partial charge in [0.15, 0.2) is 0 Å². The van der Waals surface area contributed by atoms with Crippen molar-refractivity contribution in [3.05, 3.63) is 0 Å². The minimum atomic E-state index is -1.11. The van der Waals surface area contributed by atoms with Crippen LogP contribution in [0.3, 0.4) is 0 Å². The molecule has 0 aromatic heterocycles. The predicted octanol–water partition coefficient (Wildman–Crippen LogP) is 0.453. The molecule has 1 aliphatic carbocycles. The molecule has 3 N–H and O–H groups in total. The van der Waals surface area contributed by atoms with E-state index in [2.05, 4.69) is 10.6 Å². The minimum absolute atomic E-state index is 0.0326. The summed E-state index contributed by atoms with van der Waals surface area (Å²) >= 11 is 0. The molecule has 1 fully saturated rings. The minimum Gasteiger partial charge on any atom is -0.465 e. The maximum Gasteiger partial charge on any atom is 0.404 e. The van der Waals surface area contributed by atoms with Gasteiger partial charge in [-0.05, 0) is 12.8 Å². The number of nitrogens with one attached hydrogen (secondary N) is 2. The van der Waals surface area contributed by atoms with Crippen LogP contribution in [-0.2, 0) is 4.79 Å². The molecular weight excluding hydrogens is 210 g/mol. The van der Waals surface area contributed by atoms with Gasteiger partial charge in [-0.3, -0.25) is 4.79 Å². The van der Waals surface area contributed by atoms with E-state index in [4.69, 9.17) is 10.4 Å². The summed E-state index contributed by atoms with van der Waals surface area (Å²) in [5.41, 5.74) is 0. The highest BCUT2D eigenvalue weighted by atomic mass is 16.4. The second-order valence-corrected chi connectivity index (χ2v) is 3.82. The Morgan fingerprint density at radius 2 is 2.06 bits per heavy atom. The van der Waals surface area contributed by atoms with Gasteiger partial charge in [-0.2, -0.15) is 5.26 Å². The SMILES string of the molecule is N#CCNC(=O)[C@H]1CCCC[C@H]1NC(=O)O. The second-order valence-electron chi connectivity index (χ2n) is 3.82. The van der Waals surface area contributed by atoms with Crippen LogP contribution in [-0.4, -0.2) is 29.7 Å². The molecule has 0 aliphatic heterocycles. The molecule has 2 amide bonds. The summed E-state index contributed by atoms with van der Waals surface area (Å²) in [5.74, 6) is -0.585. The molecule has 0 unspecified atom stereocenters. The predicted molar refractivity (Wildman–Crippen MR) is 55.5 cm³/mol. The van der Waals surface area contributed by atoms with Crippen LogP contribution in [0.25, 0.3) is 0 Å². The Balaban J connectivity index is 2.55. The summed E-state index contributed by atoms with van der Waals surface area (Å²) < 4.78 is 0. The van der Waals surface area contributed by atoms with Gasteiger partial charge in [0.1, 0.15) is 6.54 Å². The maximum absolute atomic E-state index is 11.7. The van der Waals surface area contributed by atoms with Crippen LogP contribution in [0, 0.1) is 17.2 Å². The molecule has 0 saturated heterocycles. The lowest BCUT2D eigenvalue weighted by molar-refractivity contribution is -0.126. The van der Waals surface area contributed by atoms with Crippen molar-refractivity contribution in [2.45, 2.75) is 31.7 Å². The summed E-state index contributed by atoms with van der Waals surface area (Å²) in [4.78, 5) is 22.2. The van der Waals surface area contributed by atoms with Crippen LogP contribution in [0.5, 0.6) is 0 Å². The van der Waals surface area contributed by atoms with E-state index in [1.165, 1.54) is 0 Å². The highest BCUT2D eigenvalue weighted by molar-refractivity contribution is 5.80. The molecule has 1 saturated carbocycles. The first-order chi connectivity index (χ1) is 7.65. The third kappa shape index (κ3) is 3.42. The number of amides is 2. The van der Waals surface area contributed by atoms with Crippen LogP contribution < -0.4 is 10.6 Å². The Hall–Kier alpha value is -1.77. The fourth-order valence-electron chi connectivity index (χ4n) is 2.03. The molecule has 0 aromatic rings. The average Bonchev–Trinajstić information content (AvgIpc) is 2.26. The molecule has 0 aromatic carbocycles. The normalized spacial score (nSPS) is 24.2. The van der Waals surface area contributed by atoms with Crippen molar-refractivity contribution in [3.8, 4) is 6.07 Å². The molecule has 6 nitrogen and oxygen atoms in total. The Labute approximate surface area is 93.6 Å². The Kier molecular flexibility index (Phi) is 4.58. The number of carboxylic acid groups (broad SMARTS) is 1. The molecule has 1 aliphatic rings. The molecule has 0 heterocycles. The quantitative estimate of drug-likeness (QED) is 0.607. The van der Waals surface area contributed by atoms with Crippen LogP contribution in [0.15, 0.2) is 0 Å². The zero-order valence-corrected chi connectivity index (χ0v) is 8.90. The number of hydrogen-bond acceptors (Lipinski definition) is 3. The van der Waals surface area contributed by atoms with Crippen molar-refractivity contribution in [1.82, 2.24) is 10.6 Å². The van der Waals surface area contributed by atoms with Crippen LogP contribution in [0.1, 0.15) is 25.7 Å². The van der Waals surface area contributed by atoms with Crippen molar-refractivity contribution >= 4 is 12.0 Å². The average molecular weight is 225 g/mol. The number of carbonyl (C=O) groups is 2. The molecule has 6 heteroatoms. The van der Waals surface area contributed by atoms with Crippen molar-refractivity contribution in [2.75, 3.05) is 6.54 Å². The molecule has 0 radical (unpaired) electrons. The van der Waals surface area contributed by atoms with Gasteiger partial charge in [0.25, 0.3) is 0 Å². The summed E-state index contributed by atoms with van der Waals surface area (Å²) in [6.07, 6.45) is 2.08. The van der Waals surface area contributed by atoms with Crippen molar-refractivity contribution in [2.24, 2.45) is 5.92 Å². The van der Waals surface area contributed by atoms with E-state index in [-0.39, 0.29) is 24.4 Å². The molecule has 88 valence electrons. The highest BCUT2D eigenvalue weighted by Gasteiger charge is 2.31. The van der Waals surface area contributed by atoms with Crippen molar-refractivity contribution in [1.29, 1.82) is 5.26 Å². The van der Waals surface area contributed by atoms with Crippen LogP contribution in [0.4, 0.5) is 4.79 Å². The van der Waals surface area contributed by atoms with E-state index < -0.39 is 6.09 Å². The van der Waals surface area contributed by atoms with Crippen molar-refractivity contribution in [3.63, 3.8) is 0 Å². The summed E-state index contributed by atoms with van der Waals surface area (Å²) in [6, 6.07) is 1.50. The molecule has 0 bridgehead atoms. The number of hydrogen-bond donors (Lipinski definition) is 3. The Bertz CT molecular complexity index is 311. The van der Waals surface area contributed by atoms with Gasteiger partial charge < -0.3 is 15.7 Å². The molecule has 16 heavy (non-hydrogen) atoms. The molecule has 2 atom stereocenters. The van der Waals surface area contributed by atoms with Gasteiger partial charge in [-0.15, -0.1) is 0 Å². The largest absolute Gasteiger partial charge is 0.465 e. The molecular formula is C10H15N3O3. The molecule has 0 spiro atoms. The van der Waals surface area contributed by atoms with E-state index in [1.54, 1.807) is 0 Å². The number of nitriles is 1. The topological polar surface area (TPSA) is 102 Å². The lowest BCUT2D eigenvalue weighted by Gasteiger charge is -2.29. The zero-order chi connectivity index (χ0) is 12.0. The summed E-state index contributed by atoms with van der Waals surface area (Å²) in [5, 5.41) is 21.8. The number of nitrogens with zero attached hydrogens (tertiary/aromatic N) is 1. The van der Waals surface area contributed by atoms with Crippen molar-refractivity contribution < 1.29 is 14.7 Å². The van der Waals surface area contributed by atoms with Gasteiger partial charge in [-0.1, -0.05) is 12.8 Å². The first-order valence-electron chi connectivity index (χ1n) is 5.29. The number of carbonyl (C=O) groups excluding carboxylic acids is 1. The van der Waals surface area contributed by atoms with Crippen LogP contribution in [0.2, 0.25) is 0 Å². The number of rotatable bonds is 3. The second kappa shape index (κ2) is 5.95. The smallest absolute Gasteiger partial charge is 0.404 e. The van der Waals surface area contributed by atoms with Gasteiger partial charge in [0.05, 0.1) is 12.0 Å². The highest BCUT2D eigenvalue weighted by Crippen LogP contribution is 2.24. The molecule has 1 rings (SSSR count). The van der Waals surface area contributed by atoms with E-state index in [1.807, 2.05) is 6.07 Å². The third-order valence-electron chi connectivity index (χ3n) is 2.75. The van der Waals surface area contributed by atoms with Gasteiger partial charge in [-0.25, -0.2) is 4.79 Å². The summed E-state index contributed by atoms with van der Waals surface area (Å²) in [7, 11) is 0.